The Morgan fingerprint density at radius 1 is 1.14 bits per heavy atom. The van der Waals surface area contributed by atoms with Gasteiger partial charge in [0.25, 0.3) is 6.43 Å². The van der Waals surface area contributed by atoms with Crippen molar-refractivity contribution in [2.45, 2.75) is 13.0 Å². The lowest BCUT2D eigenvalue weighted by atomic mass is 10.1. The number of morpholine rings is 1. The van der Waals surface area contributed by atoms with E-state index in [2.05, 4.69) is 20.2 Å². The Kier molecular flexibility index (Phi) is 5.29. The van der Waals surface area contributed by atoms with Crippen LogP contribution < -0.4 is 10.2 Å². The van der Waals surface area contributed by atoms with E-state index in [0.29, 0.717) is 18.7 Å². The van der Waals surface area contributed by atoms with Crippen LogP contribution in [0.25, 0.3) is 10.9 Å². The van der Waals surface area contributed by atoms with Gasteiger partial charge in [0, 0.05) is 42.5 Å². The second-order valence-corrected chi connectivity index (χ2v) is 6.49. The number of nitrogens with zero attached hydrogens (tertiary/aromatic N) is 3. The van der Waals surface area contributed by atoms with Crippen LogP contribution in [0.15, 0.2) is 42.7 Å². The number of nitrogens with one attached hydrogen (secondary N) is 1. The van der Waals surface area contributed by atoms with Crippen molar-refractivity contribution >= 4 is 22.4 Å². The zero-order chi connectivity index (χ0) is 19.5. The average molecular weight is 388 g/mol. The van der Waals surface area contributed by atoms with E-state index in [-0.39, 0.29) is 12.1 Å². The molecular weight excluding hydrogens is 369 g/mol. The smallest absolute Gasteiger partial charge is 0.266 e. The van der Waals surface area contributed by atoms with E-state index in [1.165, 1.54) is 12.1 Å². The predicted molar refractivity (Wildman–Crippen MR) is 101 cm³/mol. The van der Waals surface area contributed by atoms with E-state index in [0.717, 1.165) is 36.0 Å². The number of pyridine rings is 2. The van der Waals surface area contributed by atoms with Gasteiger partial charge in [0.05, 0.1) is 30.5 Å². The molecule has 0 unspecified atom stereocenters. The fourth-order valence-electron chi connectivity index (χ4n) is 3.25. The lowest BCUT2D eigenvalue weighted by molar-refractivity contribution is 0.122. The first-order valence-electron chi connectivity index (χ1n) is 9.00. The van der Waals surface area contributed by atoms with Crippen molar-refractivity contribution < 1.29 is 17.9 Å². The van der Waals surface area contributed by atoms with Gasteiger partial charge in [-0.1, -0.05) is 18.2 Å². The predicted octanol–water partition coefficient (Wildman–Crippen LogP) is 4.16. The third-order valence-corrected chi connectivity index (χ3v) is 4.76. The van der Waals surface area contributed by atoms with Crippen LogP contribution in [-0.4, -0.2) is 36.3 Å². The molecule has 1 aromatic carbocycles. The third kappa shape index (κ3) is 3.73. The molecule has 3 heterocycles. The van der Waals surface area contributed by atoms with E-state index in [9.17, 15) is 13.2 Å². The number of halogens is 3. The standard InChI is InChI=1S/C20H19F3N4O/c21-19-13(2-1-3-14(19)20(22)23)11-25-16-4-5-24-17-12-26-18(10-15(16)17)27-6-8-28-9-7-27/h1-5,10,12,20H,6-9,11H2,(H,24,25). The molecule has 28 heavy (non-hydrogen) atoms. The molecule has 8 heteroatoms. The average Bonchev–Trinajstić information content (AvgIpc) is 2.73. The van der Waals surface area contributed by atoms with Crippen molar-refractivity contribution in [2.24, 2.45) is 0 Å². The van der Waals surface area contributed by atoms with Gasteiger partial charge in [0.1, 0.15) is 11.6 Å². The van der Waals surface area contributed by atoms with E-state index in [1.807, 2.05) is 6.07 Å². The maximum atomic E-state index is 14.3. The largest absolute Gasteiger partial charge is 0.380 e. The first kappa shape index (κ1) is 18.5. The highest BCUT2D eigenvalue weighted by Gasteiger charge is 2.17. The second-order valence-electron chi connectivity index (χ2n) is 6.49. The summed E-state index contributed by atoms with van der Waals surface area (Å²) in [6, 6.07) is 7.75. The van der Waals surface area contributed by atoms with Gasteiger partial charge < -0.3 is 15.0 Å². The lowest BCUT2D eigenvalue weighted by Gasteiger charge is -2.28. The fraction of sp³-hybridized carbons (Fsp3) is 0.300. The van der Waals surface area contributed by atoms with Crippen molar-refractivity contribution in [1.82, 2.24) is 9.97 Å². The molecule has 2 aromatic heterocycles. The molecular formula is C20H19F3N4O. The molecule has 1 N–H and O–H groups in total. The Balaban J connectivity index is 1.61. The monoisotopic (exact) mass is 388 g/mol. The van der Waals surface area contributed by atoms with Crippen LogP contribution in [0.4, 0.5) is 24.7 Å². The minimum absolute atomic E-state index is 0.0840. The van der Waals surface area contributed by atoms with Gasteiger partial charge in [-0.3, -0.25) is 4.98 Å². The number of hydrogen-bond acceptors (Lipinski definition) is 5. The van der Waals surface area contributed by atoms with Crippen molar-refractivity contribution in [1.29, 1.82) is 0 Å². The Morgan fingerprint density at radius 3 is 2.75 bits per heavy atom. The number of aromatic nitrogens is 2. The van der Waals surface area contributed by atoms with Crippen molar-refractivity contribution in [3.05, 3.63) is 59.7 Å². The van der Waals surface area contributed by atoms with Crippen LogP contribution in [0.5, 0.6) is 0 Å². The van der Waals surface area contributed by atoms with E-state index >= 15 is 0 Å². The van der Waals surface area contributed by atoms with Crippen LogP contribution in [0, 0.1) is 5.82 Å². The Bertz CT molecular complexity index is 977. The number of ether oxygens (including phenoxy) is 1. The fourth-order valence-corrected chi connectivity index (χ4v) is 3.25. The molecule has 146 valence electrons. The van der Waals surface area contributed by atoms with Crippen LogP contribution in [0.1, 0.15) is 17.6 Å². The minimum atomic E-state index is -2.84. The summed E-state index contributed by atoms with van der Waals surface area (Å²) >= 11 is 0. The number of rotatable bonds is 5. The van der Waals surface area contributed by atoms with Crippen LogP contribution in [0.3, 0.4) is 0 Å². The van der Waals surface area contributed by atoms with Gasteiger partial charge in [-0.15, -0.1) is 0 Å². The molecule has 1 saturated heterocycles. The van der Waals surface area contributed by atoms with Crippen molar-refractivity contribution in [3.8, 4) is 0 Å². The third-order valence-electron chi connectivity index (χ3n) is 4.76. The molecule has 0 atom stereocenters. The molecule has 0 bridgehead atoms. The number of benzene rings is 1. The van der Waals surface area contributed by atoms with Gasteiger partial charge in [0.2, 0.25) is 0 Å². The van der Waals surface area contributed by atoms with E-state index < -0.39 is 17.8 Å². The zero-order valence-corrected chi connectivity index (χ0v) is 15.0. The van der Waals surface area contributed by atoms with E-state index in [1.54, 1.807) is 18.5 Å². The normalized spacial score (nSPS) is 14.6. The highest BCUT2D eigenvalue weighted by atomic mass is 19.3. The Morgan fingerprint density at radius 2 is 1.96 bits per heavy atom. The molecule has 0 amide bonds. The maximum absolute atomic E-state index is 14.3. The zero-order valence-electron chi connectivity index (χ0n) is 15.0. The maximum Gasteiger partial charge on any atom is 0.266 e. The summed E-state index contributed by atoms with van der Waals surface area (Å²) in [5.74, 6) is -0.0586. The molecule has 5 nitrogen and oxygen atoms in total. The number of alkyl halides is 2. The minimum Gasteiger partial charge on any atom is -0.380 e. The van der Waals surface area contributed by atoms with Gasteiger partial charge in [-0.05, 0) is 12.1 Å². The summed E-state index contributed by atoms with van der Waals surface area (Å²) < 4.78 is 45.5. The first-order chi connectivity index (χ1) is 13.6. The van der Waals surface area contributed by atoms with Crippen molar-refractivity contribution in [2.75, 3.05) is 36.5 Å². The first-order valence-corrected chi connectivity index (χ1v) is 9.00. The number of hydrogen-bond donors (Lipinski definition) is 1. The summed E-state index contributed by atoms with van der Waals surface area (Å²) in [6.07, 6.45) is 0.486. The topological polar surface area (TPSA) is 50.3 Å². The molecule has 0 spiro atoms. The quantitative estimate of drug-likeness (QED) is 0.712. The second kappa shape index (κ2) is 8.02. The summed E-state index contributed by atoms with van der Waals surface area (Å²) in [4.78, 5) is 10.9. The van der Waals surface area contributed by atoms with Gasteiger partial charge in [0.15, 0.2) is 0 Å². The molecule has 0 saturated carbocycles. The van der Waals surface area contributed by atoms with Gasteiger partial charge >= 0.3 is 0 Å². The van der Waals surface area contributed by atoms with Gasteiger partial charge in [-0.2, -0.15) is 0 Å². The van der Waals surface area contributed by atoms with Gasteiger partial charge in [-0.25, -0.2) is 18.2 Å². The molecule has 4 rings (SSSR count). The molecule has 3 aromatic rings. The Hall–Kier alpha value is -2.87. The summed E-state index contributed by atoms with van der Waals surface area (Å²) in [5.41, 5.74) is 1.04. The highest BCUT2D eigenvalue weighted by Crippen LogP contribution is 2.27. The summed E-state index contributed by atoms with van der Waals surface area (Å²) in [7, 11) is 0. The van der Waals surface area contributed by atoms with E-state index in [4.69, 9.17) is 4.74 Å². The van der Waals surface area contributed by atoms with Crippen LogP contribution >= 0.6 is 0 Å². The molecule has 0 aliphatic carbocycles. The number of anilines is 2. The summed E-state index contributed by atoms with van der Waals surface area (Å²) in [5, 5.41) is 3.98. The highest BCUT2D eigenvalue weighted by molar-refractivity contribution is 5.92. The summed E-state index contributed by atoms with van der Waals surface area (Å²) in [6.45, 7) is 2.90. The molecule has 1 fully saturated rings. The molecule has 0 radical (unpaired) electrons. The van der Waals surface area contributed by atoms with Crippen LogP contribution in [0.2, 0.25) is 0 Å². The molecule has 1 aliphatic rings. The SMILES string of the molecule is Fc1c(CNc2ccnc3cnc(N4CCOCC4)cc23)cccc1C(F)F. The van der Waals surface area contributed by atoms with Crippen molar-refractivity contribution in [3.63, 3.8) is 0 Å². The molecule has 1 aliphatic heterocycles. The lowest BCUT2D eigenvalue weighted by Crippen LogP contribution is -2.36. The Labute approximate surface area is 160 Å². The van der Waals surface area contributed by atoms with Crippen LogP contribution in [-0.2, 0) is 11.3 Å². The number of fused-ring (bicyclic) bond motifs is 1.